The normalized spacial score (nSPS) is 15.1. The average molecular weight is 163 g/mol. The highest BCUT2D eigenvalue weighted by Gasteiger charge is 2.14. The molecule has 0 aromatic heterocycles. The lowest BCUT2D eigenvalue weighted by molar-refractivity contribution is 0.902. The van der Waals surface area contributed by atoms with Gasteiger partial charge in [0.1, 0.15) is 5.38 Å². The van der Waals surface area contributed by atoms with Crippen LogP contribution in [-0.4, -0.2) is 10.8 Å². The maximum atomic E-state index is 8.16. The molecule has 0 spiro atoms. The Bertz CT molecular complexity index is 155. The number of hydrogen-bond donors (Lipinski definition) is 0. The molecule has 0 rings (SSSR count). The highest BCUT2D eigenvalue weighted by Crippen LogP contribution is 2.11. The Morgan fingerprint density at radius 2 is 1.89 bits per heavy atom. The Labute approximate surface area is 63.6 Å². The van der Waals surface area contributed by atoms with E-state index in [1.54, 1.807) is 6.07 Å². The Morgan fingerprint density at radius 3 is 2.22 bits per heavy atom. The summed E-state index contributed by atoms with van der Waals surface area (Å²) in [5, 5.41) is 14.9. The summed E-state index contributed by atoms with van der Waals surface area (Å²) in [6, 6.07) is 3.55. The molecule has 0 radical (unpaired) electrons. The highest BCUT2D eigenvalue weighted by molar-refractivity contribution is 6.31. The molecule has 0 bridgehead atoms. The van der Waals surface area contributed by atoms with Gasteiger partial charge in [-0.2, -0.15) is 10.5 Å². The SMILES string of the molecule is N#CCC(Cl)C(Cl)C#N. The number of alkyl halides is 2. The lowest BCUT2D eigenvalue weighted by Gasteiger charge is -2.01. The van der Waals surface area contributed by atoms with E-state index in [0.717, 1.165) is 0 Å². The van der Waals surface area contributed by atoms with Gasteiger partial charge in [0, 0.05) is 0 Å². The van der Waals surface area contributed by atoms with Crippen LogP contribution in [-0.2, 0) is 0 Å². The quantitative estimate of drug-likeness (QED) is 0.580. The summed E-state index contributed by atoms with van der Waals surface area (Å²) in [5.74, 6) is 0. The van der Waals surface area contributed by atoms with E-state index < -0.39 is 10.8 Å². The van der Waals surface area contributed by atoms with Crippen molar-refractivity contribution in [3.8, 4) is 12.1 Å². The van der Waals surface area contributed by atoms with Crippen molar-refractivity contribution >= 4 is 23.2 Å². The molecule has 0 aromatic carbocycles. The number of rotatable bonds is 2. The van der Waals surface area contributed by atoms with Crippen LogP contribution >= 0.6 is 23.2 Å². The zero-order valence-corrected chi connectivity index (χ0v) is 6.02. The summed E-state index contributed by atoms with van der Waals surface area (Å²) >= 11 is 10.8. The zero-order chi connectivity index (χ0) is 7.28. The second-order valence-corrected chi connectivity index (χ2v) is 2.44. The minimum atomic E-state index is -0.758. The van der Waals surface area contributed by atoms with Gasteiger partial charge in [-0.1, -0.05) is 0 Å². The van der Waals surface area contributed by atoms with Gasteiger partial charge >= 0.3 is 0 Å². The van der Waals surface area contributed by atoms with Crippen LogP contribution in [0, 0.1) is 22.7 Å². The number of nitrogens with zero attached hydrogens (tertiary/aromatic N) is 2. The van der Waals surface area contributed by atoms with Crippen molar-refractivity contribution < 1.29 is 0 Å². The van der Waals surface area contributed by atoms with Crippen LogP contribution in [0.4, 0.5) is 0 Å². The van der Waals surface area contributed by atoms with Gasteiger partial charge in [0.25, 0.3) is 0 Å². The van der Waals surface area contributed by atoms with Crippen molar-refractivity contribution in [3.05, 3.63) is 0 Å². The first-order chi connectivity index (χ1) is 4.22. The maximum Gasteiger partial charge on any atom is 0.137 e. The fraction of sp³-hybridized carbons (Fsp3) is 0.600. The van der Waals surface area contributed by atoms with Gasteiger partial charge < -0.3 is 0 Å². The third-order valence-electron chi connectivity index (χ3n) is 0.727. The molecule has 0 fully saturated rings. The summed E-state index contributed by atoms with van der Waals surface area (Å²) in [6.45, 7) is 0. The van der Waals surface area contributed by atoms with E-state index in [-0.39, 0.29) is 6.42 Å². The summed E-state index contributed by atoms with van der Waals surface area (Å²) in [4.78, 5) is 0. The Kier molecular flexibility index (Phi) is 4.22. The van der Waals surface area contributed by atoms with E-state index in [2.05, 4.69) is 0 Å². The first-order valence-corrected chi connectivity index (χ1v) is 3.14. The topological polar surface area (TPSA) is 47.6 Å². The standard InChI is InChI=1S/C5H4Cl2N2/c6-4(1-2-8)5(7)3-9/h4-5H,1H2. The smallest absolute Gasteiger partial charge is 0.137 e. The third kappa shape index (κ3) is 3.19. The largest absolute Gasteiger partial charge is 0.198 e. The van der Waals surface area contributed by atoms with Gasteiger partial charge in [-0.3, -0.25) is 0 Å². The first-order valence-electron chi connectivity index (χ1n) is 2.27. The second kappa shape index (κ2) is 4.44. The van der Waals surface area contributed by atoms with E-state index in [0.29, 0.717) is 0 Å². The molecule has 0 aliphatic rings. The van der Waals surface area contributed by atoms with Gasteiger partial charge in [-0.25, -0.2) is 0 Å². The third-order valence-corrected chi connectivity index (χ3v) is 1.66. The van der Waals surface area contributed by atoms with Crippen molar-refractivity contribution in [2.24, 2.45) is 0 Å². The molecule has 0 amide bonds. The Balaban J connectivity index is 3.65. The molecular formula is C5H4Cl2N2. The fourth-order valence-electron chi connectivity index (χ4n) is 0.272. The monoisotopic (exact) mass is 162 g/mol. The van der Waals surface area contributed by atoms with Crippen molar-refractivity contribution in [3.63, 3.8) is 0 Å². The molecule has 0 aliphatic carbocycles. The second-order valence-electron chi connectivity index (χ2n) is 1.41. The average Bonchev–Trinajstić information content (AvgIpc) is 1.87. The molecule has 0 N–H and O–H groups in total. The van der Waals surface area contributed by atoms with Crippen molar-refractivity contribution in [1.82, 2.24) is 0 Å². The van der Waals surface area contributed by atoms with E-state index in [4.69, 9.17) is 33.7 Å². The lowest BCUT2D eigenvalue weighted by atomic mass is 10.2. The predicted molar refractivity (Wildman–Crippen MR) is 35.1 cm³/mol. The summed E-state index contributed by atoms with van der Waals surface area (Å²) in [7, 11) is 0. The molecule has 9 heavy (non-hydrogen) atoms. The van der Waals surface area contributed by atoms with E-state index in [1.807, 2.05) is 6.07 Å². The van der Waals surface area contributed by atoms with E-state index in [1.165, 1.54) is 0 Å². The van der Waals surface area contributed by atoms with Gasteiger partial charge in [0.2, 0.25) is 0 Å². The maximum absolute atomic E-state index is 8.16. The lowest BCUT2D eigenvalue weighted by Crippen LogP contribution is -2.11. The van der Waals surface area contributed by atoms with Gasteiger partial charge in [-0.05, 0) is 0 Å². The van der Waals surface area contributed by atoms with E-state index >= 15 is 0 Å². The van der Waals surface area contributed by atoms with Crippen molar-refractivity contribution in [2.75, 3.05) is 0 Å². The zero-order valence-electron chi connectivity index (χ0n) is 4.51. The van der Waals surface area contributed by atoms with Crippen LogP contribution in [0.2, 0.25) is 0 Å². The minimum absolute atomic E-state index is 0.114. The van der Waals surface area contributed by atoms with E-state index in [9.17, 15) is 0 Å². The molecule has 0 aliphatic heterocycles. The van der Waals surface area contributed by atoms with Gasteiger partial charge in [0.15, 0.2) is 0 Å². The summed E-state index contributed by atoms with van der Waals surface area (Å²) < 4.78 is 0. The number of halogens is 2. The number of nitriles is 2. The molecule has 2 atom stereocenters. The molecular weight excluding hydrogens is 159 g/mol. The van der Waals surface area contributed by atoms with Crippen LogP contribution in [0.25, 0.3) is 0 Å². The summed E-state index contributed by atoms with van der Waals surface area (Å²) in [5.41, 5.74) is 0. The molecule has 0 saturated heterocycles. The molecule has 2 unspecified atom stereocenters. The molecule has 0 saturated carbocycles. The summed E-state index contributed by atoms with van der Waals surface area (Å²) in [6.07, 6.45) is 0.114. The van der Waals surface area contributed by atoms with Gasteiger partial charge in [-0.15, -0.1) is 23.2 Å². The van der Waals surface area contributed by atoms with Crippen LogP contribution in [0.1, 0.15) is 6.42 Å². The van der Waals surface area contributed by atoms with Crippen molar-refractivity contribution in [1.29, 1.82) is 10.5 Å². The Morgan fingerprint density at radius 1 is 1.33 bits per heavy atom. The first kappa shape index (κ1) is 8.56. The van der Waals surface area contributed by atoms with Gasteiger partial charge in [0.05, 0.1) is 23.9 Å². The Hall–Kier alpha value is -0.440. The number of hydrogen-bond acceptors (Lipinski definition) is 2. The molecule has 4 heteroatoms. The minimum Gasteiger partial charge on any atom is -0.198 e. The predicted octanol–water partition coefficient (Wildman–Crippen LogP) is 1.64. The van der Waals surface area contributed by atoms with Crippen LogP contribution in [0.15, 0.2) is 0 Å². The van der Waals surface area contributed by atoms with Crippen LogP contribution in [0.5, 0.6) is 0 Å². The van der Waals surface area contributed by atoms with Crippen LogP contribution in [0.3, 0.4) is 0 Å². The van der Waals surface area contributed by atoms with Crippen molar-refractivity contribution in [2.45, 2.75) is 17.2 Å². The molecule has 0 heterocycles. The fourth-order valence-corrected chi connectivity index (χ4v) is 0.486. The highest BCUT2D eigenvalue weighted by atomic mass is 35.5. The molecule has 0 aromatic rings. The van der Waals surface area contributed by atoms with Crippen LogP contribution < -0.4 is 0 Å². The molecule has 2 nitrogen and oxygen atoms in total. The molecule has 48 valence electrons.